The Morgan fingerprint density at radius 3 is 2.89 bits per heavy atom. The maximum atomic E-state index is 11.7. The Morgan fingerprint density at radius 1 is 1.47 bits per heavy atom. The van der Waals surface area contributed by atoms with Crippen LogP contribution in [-0.4, -0.2) is 24.6 Å². The smallest absolute Gasteiger partial charge is 0.226 e. The van der Waals surface area contributed by atoms with Gasteiger partial charge in [-0.25, -0.2) is 0 Å². The van der Waals surface area contributed by atoms with Crippen LogP contribution in [0.4, 0.5) is 0 Å². The largest absolute Gasteiger partial charge is 0.508 e. The molecule has 19 heavy (non-hydrogen) atoms. The zero-order valence-electron chi connectivity index (χ0n) is 11.8. The topological polar surface area (TPSA) is 61.4 Å². The summed E-state index contributed by atoms with van der Waals surface area (Å²) < 4.78 is 0. The molecule has 3 N–H and O–H groups in total. The fourth-order valence-corrected chi connectivity index (χ4v) is 2.64. The van der Waals surface area contributed by atoms with Gasteiger partial charge in [-0.15, -0.1) is 0 Å². The van der Waals surface area contributed by atoms with E-state index in [0.29, 0.717) is 12.3 Å². The quantitative estimate of drug-likeness (QED) is 0.774. The predicted octanol–water partition coefficient (Wildman–Crippen LogP) is 1.74. The van der Waals surface area contributed by atoms with Crippen LogP contribution in [0, 0.1) is 5.41 Å². The van der Waals surface area contributed by atoms with E-state index in [1.54, 1.807) is 13.1 Å². The van der Waals surface area contributed by atoms with Gasteiger partial charge in [-0.3, -0.25) is 4.79 Å². The minimum Gasteiger partial charge on any atom is -0.508 e. The molecule has 1 aliphatic carbocycles. The van der Waals surface area contributed by atoms with Gasteiger partial charge in [-0.1, -0.05) is 12.1 Å². The number of phenols is 1. The molecule has 1 atom stereocenters. The molecule has 0 saturated heterocycles. The first kappa shape index (κ1) is 13.9. The van der Waals surface area contributed by atoms with Crippen molar-refractivity contribution in [3.8, 4) is 5.75 Å². The van der Waals surface area contributed by atoms with Gasteiger partial charge in [0.15, 0.2) is 0 Å². The van der Waals surface area contributed by atoms with Crippen LogP contribution in [0.5, 0.6) is 5.75 Å². The minimum absolute atomic E-state index is 0.0362. The number of carbonyl (C=O) groups excluding carboxylic acids is 1. The second-order valence-corrected chi connectivity index (χ2v) is 5.78. The van der Waals surface area contributed by atoms with Crippen LogP contribution in [0.1, 0.15) is 37.4 Å². The number of hydrogen-bond donors (Lipinski definition) is 3. The van der Waals surface area contributed by atoms with Crippen molar-refractivity contribution in [1.29, 1.82) is 0 Å². The van der Waals surface area contributed by atoms with Gasteiger partial charge >= 0.3 is 0 Å². The van der Waals surface area contributed by atoms with Crippen LogP contribution >= 0.6 is 0 Å². The lowest BCUT2D eigenvalue weighted by molar-refractivity contribution is -0.128. The third-order valence-corrected chi connectivity index (χ3v) is 3.88. The van der Waals surface area contributed by atoms with E-state index in [0.717, 1.165) is 24.0 Å². The van der Waals surface area contributed by atoms with E-state index in [1.165, 1.54) is 0 Å². The van der Waals surface area contributed by atoms with Crippen molar-refractivity contribution in [2.24, 2.45) is 5.41 Å². The van der Waals surface area contributed by atoms with Crippen LogP contribution in [-0.2, 0) is 11.2 Å². The fraction of sp³-hybridized carbons (Fsp3) is 0.533. The number of fused-ring (bicyclic) bond motifs is 1. The van der Waals surface area contributed by atoms with Gasteiger partial charge in [0.2, 0.25) is 5.91 Å². The number of aromatic hydroxyl groups is 1. The number of nitrogens with one attached hydrogen (secondary N) is 2. The Kier molecular flexibility index (Phi) is 3.80. The average molecular weight is 262 g/mol. The number of carbonyl (C=O) groups is 1. The lowest BCUT2D eigenvalue weighted by Crippen LogP contribution is -2.42. The third-order valence-electron chi connectivity index (χ3n) is 3.88. The summed E-state index contributed by atoms with van der Waals surface area (Å²) in [5.74, 6) is 0.418. The lowest BCUT2D eigenvalue weighted by atomic mass is 9.91. The molecule has 0 bridgehead atoms. The number of hydrogen-bond acceptors (Lipinski definition) is 3. The Labute approximate surface area is 114 Å². The second-order valence-electron chi connectivity index (χ2n) is 5.78. The SMILES string of the molecule is CNC(=O)C(C)(C)CNC1CCc2c(O)cccc21. The summed E-state index contributed by atoms with van der Waals surface area (Å²) in [4.78, 5) is 11.7. The van der Waals surface area contributed by atoms with Gasteiger partial charge in [-0.05, 0) is 43.9 Å². The van der Waals surface area contributed by atoms with E-state index >= 15 is 0 Å². The normalized spacial score (nSPS) is 18.2. The van der Waals surface area contributed by atoms with Crippen molar-refractivity contribution in [1.82, 2.24) is 10.6 Å². The Bertz CT molecular complexity index is 483. The van der Waals surface area contributed by atoms with Crippen molar-refractivity contribution in [3.05, 3.63) is 29.3 Å². The fourth-order valence-electron chi connectivity index (χ4n) is 2.64. The molecule has 1 aliphatic rings. The molecule has 4 heteroatoms. The molecule has 1 aromatic carbocycles. The number of phenolic OH excluding ortho intramolecular Hbond substituents is 1. The highest BCUT2D eigenvalue weighted by molar-refractivity contribution is 5.81. The summed E-state index contributed by atoms with van der Waals surface area (Å²) in [7, 11) is 1.66. The average Bonchev–Trinajstić information content (AvgIpc) is 2.80. The zero-order chi connectivity index (χ0) is 14.0. The third kappa shape index (κ3) is 2.73. The van der Waals surface area contributed by atoms with E-state index in [4.69, 9.17) is 0 Å². The Morgan fingerprint density at radius 2 is 2.21 bits per heavy atom. The highest BCUT2D eigenvalue weighted by atomic mass is 16.3. The first-order chi connectivity index (χ1) is 8.95. The van der Waals surface area contributed by atoms with Crippen LogP contribution in [0.25, 0.3) is 0 Å². The molecule has 0 fully saturated rings. The second kappa shape index (κ2) is 5.21. The minimum atomic E-state index is -0.436. The molecule has 0 aliphatic heterocycles. The molecular formula is C15H22N2O2. The summed E-state index contributed by atoms with van der Waals surface area (Å²) in [6.07, 6.45) is 1.86. The molecule has 0 saturated carbocycles. The molecule has 1 unspecified atom stereocenters. The van der Waals surface area contributed by atoms with Crippen molar-refractivity contribution in [3.63, 3.8) is 0 Å². The van der Waals surface area contributed by atoms with Gasteiger partial charge in [0, 0.05) is 19.6 Å². The van der Waals surface area contributed by atoms with Crippen LogP contribution < -0.4 is 10.6 Å². The molecule has 2 rings (SSSR count). The summed E-state index contributed by atoms with van der Waals surface area (Å²) in [5.41, 5.74) is 1.76. The summed E-state index contributed by atoms with van der Waals surface area (Å²) in [6, 6.07) is 5.88. The first-order valence-corrected chi connectivity index (χ1v) is 6.72. The van der Waals surface area contributed by atoms with E-state index in [9.17, 15) is 9.90 Å². The Hall–Kier alpha value is -1.55. The number of amides is 1. The zero-order valence-corrected chi connectivity index (χ0v) is 11.8. The van der Waals surface area contributed by atoms with Gasteiger partial charge < -0.3 is 15.7 Å². The molecule has 4 nitrogen and oxygen atoms in total. The highest BCUT2D eigenvalue weighted by Crippen LogP contribution is 2.36. The van der Waals surface area contributed by atoms with E-state index in [1.807, 2.05) is 26.0 Å². The molecule has 0 heterocycles. The number of benzene rings is 1. The maximum absolute atomic E-state index is 11.7. The van der Waals surface area contributed by atoms with Crippen LogP contribution in [0.15, 0.2) is 18.2 Å². The number of rotatable bonds is 4. The highest BCUT2D eigenvalue weighted by Gasteiger charge is 2.30. The van der Waals surface area contributed by atoms with Crippen LogP contribution in [0.3, 0.4) is 0 Å². The van der Waals surface area contributed by atoms with E-state index in [-0.39, 0.29) is 11.9 Å². The molecule has 1 aromatic rings. The molecule has 1 amide bonds. The van der Waals surface area contributed by atoms with Crippen molar-refractivity contribution >= 4 is 5.91 Å². The molecule has 104 valence electrons. The maximum Gasteiger partial charge on any atom is 0.226 e. The predicted molar refractivity (Wildman–Crippen MR) is 75.0 cm³/mol. The monoisotopic (exact) mass is 262 g/mol. The van der Waals surface area contributed by atoms with E-state index < -0.39 is 5.41 Å². The molecular weight excluding hydrogens is 240 g/mol. The summed E-state index contributed by atoms with van der Waals surface area (Å²) in [6.45, 7) is 4.47. The molecule has 0 radical (unpaired) electrons. The van der Waals surface area contributed by atoms with E-state index in [2.05, 4.69) is 10.6 Å². The molecule has 0 aromatic heterocycles. The van der Waals surface area contributed by atoms with Crippen molar-refractivity contribution in [2.75, 3.05) is 13.6 Å². The van der Waals surface area contributed by atoms with Crippen molar-refractivity contribution < 1.29 is 9.90 Å². The van der Waals surface area contributed by atoms with Gasteiger partial charge in [-0.2, -0.15) is 0 Å². The lowest BCUT2D eigenvalue weighted by Gasteiger charge is -2.25. The summed E-state index contributed by atoms with van der Waals surface area (Å²) in [5, 5.41) is 16.0. The van der Waals surface area contributed by atoms with Crippen molar-refractivity contribution in [2.45, 2.75) is 32.7 Å². The van der Waals surface area contributed by atoms with Gasteiger partial charge in [0.05, 0.1) is 5.41 Å². The Balaban J connectivity index is 2.04. The van der Waals surface area contributed by atoms with Gasteiger partial charge in [0.25, 0.3) is 0 Å². The first-order valence-electron chi connectivity index (χ1n) is 6.72. The standard InChI is InChI=1S/C15H22N2O2/c1-15(2,14(19)16-3)9-17-12-8-7-11-10(12)5-4-6-13(11)18/h4-6,12,17-18H,7-9H2,1-3H3,(H,16,19). The summed E-state index contributed by atoms with van der Waals surface area (Å²) >= 11 is 0. The molecule has 0 spiro atoms. The van der Waals surface area contributed by atoms with Gasteiger partial charge in [0.1, 0.15) is 5.75 Å². The van der Waals surface area contributed by atoms with Crippen LogP contribution in [0.2, 0.25) is 0 Å².